The first-order valence-corrected chi connectivity index (χ1v) is 6.60. The first-order chi connectivity index (χ1) is 8.08. The Labute approximate surface area is 110 Å². The molecule has 0 bridgehead atoms. The van der Waals surface area contributed by atoms with Crippen molar-refractivity contribution >= 4 is 22.9 Å². The summed E-state index contributed by atoms with van der Waals surface area (Å²) in [6.07, 6.45) is 3.33. The highest BCUT2D eigenvalue weighted by atomic mass is 35.5. The minimum atomic E-state index is -0.500. The van der Waals surface area contributed by atoms with E-state index in [2.05, 4.69) is 4.98 Å². The summed E-state index contributed by atoms with van der Waals surface area (Å²) in [6, 6.07) is 3.89. The van der Waals surface area contributed by atoms with Gasteiger partial charge in [-0.15, -0.1) is 11.3 Å². The number of pyridine rings is 1. The van der Waals surface area contributed by atoms with Crippen molar-refractivity contribution in [3.8, 4) is 0 Å². The van der Waals surface area contributed by atoms with E-state index in [1.165, 1.54) is 9.75 Å². The Bertz CT molecular complexity index is 524. The standard InChI is InChI=1S/C13H14ClNOS/c1-8-5-11(9(2)17-8)13(16)6-10-3-4-15-7-12(10)14/h3-5,7,13,16H,6H2,1-2H3. The van der Waals surface area contributed by atoms with Crippen LogP contribution in [0, 0.1) is 13.8 Å². The van der Waals surface area contributed by atoms with Gasteiger partial charge in [0.25, 0.3) is 0 Å². The van der Waals surface area contributed by atoms with Crippen LogP contribution in [-0.2, 0) is 6.42 Å². The molecule has 2 heterocycles. The maximum Gasteiger partial charge on any atom is 0.0841 e. The first kappa shape index (κ1) is 12.6. The van der Waals surface area contributed by atoms with E-state index in [-0.39, 0.29) is 0 Å². The molecule has 1 unspecified atom stereocenters. The van der Waals surface area contributed by atoms with Crippen LogP contribution in [-0.4, -0.2) is 10.1 Å². The summed E-state index contributed by atoms with van der Waals surface area (Å²) in [4.78, 5) is 6.32. The molecular weight excluding hydrogens is 254 g/mol. The molecule has 2 aromatic rings. The van der Waals surface area contributed by atoms with Crippen LogP contribution in [0.2, 0.25) is 5.02 Å². The number of halogens is 1. The number of thiophene rings is 1. The number of aryl methyl sites for hydroxylation is 2. The Hall–Kier alpha value is -0.900. The fourth-order valence-corrected chi connectivity index (χ4v) is 3.05. The monoisotopic (exact) mass is 267 g/mol. The van der Waals surface area contributed by atoms with Gasteiger partial charge in [0, 0.05) is 28.6 Å². The van der Waals surface area contributed by atoms with Gasteiger partial charge in [-0.1, -0.05) is 11.6 Å². The Morgan fingerprint density at radius 3 is 2.82 bits per heavy atom. The predicted molar refractivity (Wildman–Crippen MR) is 71.7 cm³/mol. The second-order valence-electron chi connectivity index (χ2n) is 4.06. The van der Waals surface area contributed by atoms with Gasteiger partial charge >= 0.3 is 0 Å². The molecule has 90 valence electrons. The van der Waals surface area contributed by atoms with E-state index in [0.717, 1.165) is 11.1 Å². The van der Waals surface area contributed by atoms with Gasteiger partial charge in [-0.3, -0.25) is 4.98 Å². The van der Waals surface area contributed by atoms with Crippen molar-refractivity contribution in [2.75, 3.05) is 0 Å². The van der Waals surface area contributed by atoms with Crippen molar-refractivity contribution < 1.29 is 5.11 Å². The van der Waals surface area contributed by atoms with E-state index >= 15 is 0 Å². The minimum absolute atomic E-state index is 0.500. The minimum Gasteiger partial charge on any atom is -0.388 e. The third-order valence-corrected chi connectivity index (χ3v) is 4.03. The summed E-state index contributed by atoms with van der Waals surface area (Å²) >= 11 is 7.74. The molecule has 2 nitrogen and oxygen atoms in total. The predicted octanol–water partition coefficient (Wildman–Crippen LogP) is 3.69. The largest absolute Gasteiger partial charge is 0.388 e. The van der Waals surface area contributed by atoms with Crippen molar-refractivity contribution in [3.05, 3.63) is 50.4 Å². The molecule has 1 N–H and O–H groups in total. The summed E-state index contributed by atoms with van der Waals surface area (Å²) in [5.41, 5.74) is 1.93. The molecule has 0 fully saturated rings. The number of rotatable bonds is 3. The SMILES string of the molecule is Cc1cc(C(O)Cc2ccncc2Cl)c(C)s1. The van der Waals surface area contributed by atoms with Crippen LogP contribution < -0.4 is 0 Å². The molecule has 0 aliphatic carbocycles. The van der Waals surface area contributed by atoms with E-state index in [1.807, 2.05) is 26.0 Å². The van der Waals surface area contributed by atoms with Crippen LogP contribution in [0.4, 0.5) is 0 Å². The quantitative estimate of drug-likeness (QED) is 0.920. The number of hydrogen-bond acceptors (Lipinski definition) is 3. The van der Waals surface area contributed by atoms with Crippen LogP contribution >= 0.6 is 22.9 Å². The van der Waals surface area contributed by atoms with Crippen molar-refractivity contribution in [2.24, 2.45) is 0 Å². The lowest BCUT2D eigenvalue weighted by molar-refractivity contribution is 0.178. The summed E-state index contributed by atoms with van der Waals surface area (Å²) in [5.74, 6) is 0. The van der Waals surface area contributed by atoms with Crippen molar-refractivity contribution in [3.63, 3.8) is 0 Å². The summed E-state index contributed by atoms with van der Waals surface area (Å²) in [6.45, 7) is 4.08. The van der Waals surface area contributed by atoms with E-state index in [4.69, 9.17) is 11.6 Å². The highest BCUT2D eigenvalue weighted by Gasteiger charge is 2.14. The molecule has 0 radical (unpaired) electrons. The van der Waals surface area contributed by atoms with Gasteiger partial charge in [0.05, 0.1) is 11.1 Å². The smallest absolute Gasteiger partial charge is 0.0841 e. The van der Waals surface area contributed by atoms with Gasteiger partial charge in [-0.2, -0.15) is 0 Å². The second kappa shape index (κ2) is 5.17. The molecule has 0 saturated carbocycles. The van der Waals surface area contributed by atoms with Gasteiger partial charge in [-0.25, -0.2) is 0 Å². The maximum atomic E-state index is 10.2. The van der Waals surface area contributed by atoms with E-state index in [1.54, 1.807) is 23.7 Å². The zero-order valence-corrected chi connectivity index (χ0v) is 11.3. The average Bonchev–Trinajstić information content (AvgIpc) is 2.61. The Kier molecular flexibility index (Phi) is 3.82. The van der Waals surface area contributed by atoms with Crippen LogP contribution in [0.3, 0.4) is 0 Å². The number of aliphatic hydroxyl groups is 1. The normalized spacial score (nSPS) is 12.7. The van der Waals surface area contributed by atoms with Crippen LogP contribution in [0.1, 0.15) is 27.0 Å². The molecule has 0 amide bonds. The summed E-state index contributed by atoms with van der Waals surface area (Å²) < 4.78 is 0. The van der Waals surface area contributed by atoms with Crippen molar-refractivity contribution in [1.29, 1.82) is 0 Å². The average molecular weight is 268 g/mol. The van der Waals surface area contributed by atoms with Crippen molar-refractivity contribution in [2.45, 2.75) is 26.4 Å². The molecular formula is C13H14ClNOS. The zero-order chi connectivity index (χ0) is 12.4. The van der Waals surface area contributed by atoms with Gasteiger partial charge < -0.3 is 5.11 Å². The van der Waals surface area contributed by atoms with Gasteiger partial charge in [-0.05, 0) is 37.1 Å². The molecule has 0 aliphatic heterocycles. The molecule has 4 heteroatoms. The molecule has 2 rings (SSSR count). The fraction of sp³-hybridized carbons (Fsp3) is 0.308. The van der Waals surface area contributed by atoms with Crippen LogP contribution in [0.25, 0.3) is 0 Å². The number of nitrogens with zero attached hydrogens (tertiary/aromatic N) is 1. The highest BCUT2D eigenvalue weighted by molar-refractivity contribution is 7.12. The fourth-order valence-electron chi connectivity index (χ4n) is 1.87. The van der Waals surface area contributed by atoms with Gasteiger partial charge in [0.1, 0.15) is 0 Å². The summed E-state index contributed by atoms with van der Waals surface area (Å²) in [7, 11) is 0. The molecule has 1 atom stereocenters. The van der Waals surface area contributed by atoms with E-state index in [9.17, 15) is 5.11 Å². The molecule has 2 aromatic heterocycles. The lowest BCUT2D eigenvalue weighted by atomic mass is 10.0. The highest BCUT2D eigenvalue weighted by Crippen LogP contribution is 2.29. The number of aliphatic hydroxyl groups excluding tert-OH is 1. The molecule has 0 aliphatic rings. The molecule has 0 aromatic carbocycles. The topological polar surface area (TPSA) is 33.1 Å². The lowest BCUT2D eigenvalue weighted by Gasteiger charge is -2.11. The number of aromatic nitrogens is 1. The van der Waals surface area contributed by atoms with E-state index in [0.29, 0.717) is 11.4 Å². The first-order valence-electron chi connectivity index (χ1n) is 5.41. The third kappa shape index (κ3) is 2.86. The Balaban J connectivity index is 2.20. The zero-order valence-electron chi connectivity index (χ0n) is 9.77. The molecule has 17 heavy (non-hydrogen) atoms. The van der Waals surface area contributed by atoms with Crippen LogP contribution in [0.15, 0.2) is 24.5 Å². The number of hydrogen-bond donors (Lipinski definition) is 1. The van der Waals surface area contributed by atoms with Gasteiger partial charge in [0.15, 0.2) is 0 Å². The van der Waals surface area contributed by atoms with E-state index < -0.39 is 6.10 Å². The maximum absolute atomic E-state index is 10.2. The third-order valence-electron chi connectivity index (χ3n) is 2.71. The lowest BCUT2D eigenvalue weighted by Crippen LogP contribution is -2.02. The molecule has 0 spiro atoms. The Morgan fingerprint density at radius 2 is 2.24 bits per heavy atom. The van der Waals surface area contributed by atoms with Gasteiger partial charge in [0.2, 0.25) is 0 Å². The summed E-state index contributed by atoms with van der Waals surface area (Å²) in [5, 5.41) is 10.8. The molecule has 0 saturated heterocycles. The van der Waals surface area contributed by atoms with Crippen molar-refractivity contribution in [1.82, 2.24) is 4.98 Å². The van der Waals surface area contributed by atoms with Crippen LogP contribution in [0.5, 0.6) is 0 Å². The Morgan fingerprint density at radius 1 is 1.47 bits per heavy atom. The second-order valence-corrected chi connectivity index (χ2v) is 5.92.